The summed E-state index contributed by atoms with van der Waals surface area (Å²) in [5, 5.41) is 32.8. The maximum absolute atomic E-state index is 17.1. The number of fused-ring (bicyclic) bond motifs is 4. The van der Waals surface area contributed by atoms with Gasteiger partial charge in [-0.05, 0) is 102 Å². The highest BCUT2D eigenvalue weighted by Gasteiger charge is 2.44. The van der Waals surface area contributed by atoms with Crippen molar-refractivity contribution in [1.82, 2.24) is 40.6 Å². The number of anilines is 1. The minimum Gasteiger partial charge on any atom is -0.508 e. The van der Waals surface area contributed by atoms with Crippen LogP contribution in [0.4, 0.5) is 14.6 Å². The zero-order chi connectivity index (χ0) is 57.1. The van der Waals surface area contributed by atoms with Crippen molar-refractivity contribution in [2.45, 2.75) is 136 Å². The number of ether oxygens (including phenoxy) is 1. The maximum Gasteiger partial charge on any atom is 0.246 e. The van der Waals surface area contributed by atoms with Crippen LogP contribution in [0.5, 0.6) is 11.6 Å². The third-order valence-corrected chi connectivity index (χ3v) is 16.8. The lowest BCUT2D eigenvalue weighted by Gasteiger charge is -2.35. The Labute approximate surface area is 472 Å². The molecule has 5 aromatic rings. The second-order valence-corrected chi connectivity index (χ2v) is 23.6. The van der Waals surface area contributed by atoms with Crippen molar-refractivity contribution >= 4 is 62.8 Å². The predicted molar refractivity (Wildman–Crippen MR) is 309 cm³/mol. The number of pyridine rings is 2. The molecule has 5 aliphatic heterocycles. The van der Waals surface area contributed by atoms with E-state index in [9.17, 15) is 29.4 Å². The van der Waals surface area contributed by atoms with Crippen molar-refractivity contribution in [2.75, 3.05) is 63.9 Å². The number of amides is 4. The summed E-state index contributed by atoms with van der Waals surface area (Å²) in [5.41, 5.74) is 4.18. The number of allylic oxidation sites excluding steroid dienone is 2. The summed E-state index contributed by atoms with van der Waals surface area (Å²) in [6, 6.07) is 14.2. The molecule has 430 valence electrons. The Balaban J connectivity index is 0.684. The summed E-state index contributed by atoms with van der Waals surface area (Å²) in [6.45, 7) is 14.6. The molecule has 4 amide bonds. The van der Waals surface area contributed by atoms with E-state index in [-0.39, 0.29) is 66.4 Å². The molecule has 19 heteroatoms. The number of benzene rings is 3. The van der Waals surface area contributed by atoms with Gasteiger partial charge in [0.2, 0.25) is 29.5 Å². The number of aromatic nitrogens is 2. The Kier molecular flexibility index (Phi) is 17.3. The fraction of sp³-hybridized carbons (Fsp3) is 0.500. The number of hydrogen-bond acceptors (Lipinski definition) is 13. The van der Waals surface area contributed by atoms with E-state index < -0.39 is 41.1 Å². The summed E-state index contributed by atoms with van der Waals surface area (Å²) in [6.07, 6.45) is 8.01. The number of nitrogens with zero attached hydrogens (tertiary/aromatic N) is 7. The molecule has 7 heterocycles. The number of likely N-dealkylation sites (tertiary alicyclic amines) is 1. The Bertz CT molecular complexity index is 3240. The van der Waals surface area contributed by atoms with Crippen LogP contribution in [0.3, 0.4) is 0 Å². The average molecular weight is 1110 g/mol. The van der Waals surface area contributed by atoms with E-state index in [1.807, 2.05) is 70.0 Å². The van der Waals surface area contributed by atoms with Gasteiger partial charge in [-0.1, -0.05) is 58.0 Å². The molecule has 0 radical (unpaired) electrons. The standard InChI is InChI=1S/C62H76F2N10O7/c1-6-45-50(63)19-16-40-28-43(75)29-48(55(40)45)57-56(64)47-31-53(70-59(49(47)33-66-57)73-34-41-17-18-42(35-73)68-41)81-27-9-22-71-23-25-72(26-24-71)54(78)11-8-7-10-52(77)69-58(62(3,4)5)61(80)74-36-44(76)30-51(74)60(79)67-32-38-12-14-39(15-13-38)46-20-21-65-37(46)2/h12-16,19,21,28-29,31,33,41-42,44,51,58,68,75-76H,6-11,17-18,20,22-27,30,32,34-36H2,1-5H3,(H,67,79)(H,69,77)/t41?,42?,44-,51+,58-/m1/s1. The first-order valence-electron chi connectivity index (χ1n) is 28.9. The lowest BCUT2D eigenvalue weighted by atomic mass is 9.85. The highest BCUT2D eigenvalue weighted by molar-refractivity contribution is 6.03. The van der Waals surface area contributed by atoms with Crippen LogP contribution in [0.15, 0.2) is 71.5 Å². The number of aliphatic imine (C=N–C) groups is 1. The third-order valence-electron chi connectivity index (χ3n) is 16.8. The molecule has 17 nitrogen and oxygen atoms in total. The second-order valence-electron chi connectivity index (χ2n) is 23.6. The van der Waals surface area contributed by atoms with E-state index in [1.54, 1.807) is 24.4 Å². The molecule has 5 aliphatic rings. The molecule has 0 aliphatic carbocycles. The first-order valence-corrected chi connectivity index (χ1v) is 28.9. The molecule has 2 unspecified atom stereocenters. The Hall–Kier alpha value is -7.09. The molecule has 5 atom stereocenters. The molecular weight excluding hydrogens is 1030 g/mol. The fourth-order valence-electron chi connectivity index (χ4n) is 12.4. The Morgan fingerprint density at radius 1 is 0.914 bits per heavy atom. The second kappa shape index (κ2) is 24.6. The van der Waals surface area contributed by atoms with E-state index in [2.05, 4.69) is 35.7 Å². The topological polar surface area (TPSA) is 205 Å². The van der Waals surface area contributed by atoms with Crippen molar-refractivity contribution < 1.29 is 42.9 Å². The van der Waals surface area contributed by atoms with Crippen LogP contribution in [0.1, 0.15) is 109 Å². The van der Waals surface area contributed by atoms with Crippen molar-refractivity contribution in [3.63, 3.8) is 0 Å². The number of carbonyl (C=O) groups excluding carboxylic acids is 4. The van der Waals surface area contributed by atoms with E-state index in [0.29, 0.717) is 123 Å². The van der Waals surface area contributed by atoms with Gasteiger partial charge in [-0.15, -0.1) is 0 Å². The number of aliphatic hydroxyl groups is 1. The minimum absolute atomic E-state index is 0.00423. The summed E-state index contributed by atoms with van der Waals surface area (Å²) in [4.78, 5) is 76.1. The van der Waals surface area contributed by atoms with Crippen LogP contribution in [0.2, 0.25) is 0 Å². The van der Waals surface area contributed by atoms with Crippen LogP contribution in [-0.2, 0) is 32.1 Å². The number of piperazine rings is 2. The van der Waals surface area contributed by atoms with Crippen molar-refractivity contribution in [3.05, 3.63) is 94.8 Å². The number of aromatic hydroxyl groups is 1. The van der Waals surface area contributed by atoms with Gasteiger partial charge < -0.3 is 45.6 Å². The van der Waals surface area contributed by atoms with Gasteiger partial charge >= 0.3 is 0 Å². The van der Waals surface area contributed by atoms with Gasteiger partial charge in [0.15, 0.2) is 5.82 Å². The summed E-state index contributed by atoms with van der Waals surface area (Å²) >= 11 is 0. The summed E-state index contributed by atoms with van der Waals surface area (Å²) < 4.78 is 38.6. The average Bonchev–Trinajstić information content (AvgIpc) is 4.36. The number of β-amino-alcohol motifs (C(OH)–C–C–N with tert-alkyl or cyclic N) is 1. The number of phenols is 1. The number of rotatable bonds is 19. The number of nitrogens with one attached hydrogen (secondary N) is 3. The van der Waals surface area contributed by atoms with Crippen molar-refractivity contribution in [2.24, 2.45) is 10.4 Å². The number of halogens is 2. The van der Waals surface area contributed by atoms with Crippen LogP contribution in [0, 0.1) is 17.0 Å². The monoisotopic (exact) mass is 1110 g/mol. The maximum atomic E-state index is 17.1. The molecule has 10 rings (SSSR count). The molecule has 4 saturated heterocycles. The molecule has 2 bridgehead atoms. The lowest BCUT2D eigenvalue weighted by molar-refractivity contribution is -0.144. The fourth-order valence-corrected chi connectivity index (χ4v) is 12.4. The molecular formula is C62H76F2N10O7. The smallest absolute Gasteiger partial charge is 0.246 e. The zero-order valence-electron chi connectivity index (χ0n) is 47.2. The molecule has 0 spiro atoms. The summed E-state index contributed by atoms with van der Waals surface area (Å²) in [5.74, 6) is -1.30. The SMILES string of the molecule is CCc1c(F)ccc2cc(O)cc(-c3ncc4c(N5CC6CCC(C5)N6)nc(OCCCN5CCN(C(=O)CCCCC(=O)N[C@H](C(=O)N6C[C@H](O)C[C@H]6C(=O)NCc6ccc(C7=C(C)N=CC7)cc6)C(C)(C)C)CC5)cc4c3F)c12. The molecule has 5 N–H and O–H groups in total. The largest absolute Gasteiger partial charge is 0.508 e. The van der Waals surface area contributed by atoms with Crippen LogP contribution in [0.25, 0.3) is 38.4 Å². The number of aryl methyl sites for hydroxylation is 1. The Morgan fingerprint density at radius 2 is 1.65 bits per heavy atom. The van der Waals surface area contributed by atoms with E-state index in [0.717, 1.165) is 42.6 Å². The molecule has 2 aromatic heterocycles. The van der Waals surface area contributed by atoms with Gasteiger partial charge in [0.1, 0.15) is 35.2 Å². The van der Waals surface area contributed by atoms with Gasteiger partial charge in [-0.2, -0.15) is 4.98 Å². The first-order chi connectivity index (χ1) is 38.9. The highest BCUT2D eigenvalue weighted by Crippen LogP contribution is 2.41. The molecule has 3 aromatic carbocycles. The lowest BCUT2D eigenvalue weighted by Crippen LogP contribution is -2.57. The number of hydrogen-bond donors (Lipinski definition) is 5. The number of phenolic OH excluding ortho intramolecular Hbond substituents is 1. The number of carbonyl (C=O) groups is 4. The van der Waals surface area contributed by atoms with Crippen LogP contribution in [-0.4, -0.2) is 154 Å². The molecule has 0 saturated carbocycles. The number of aliphatic hydroxyl groups excluding tert-OH is 1. The van der Waals surface area contributed by atoms with Crippen molar-refractivity contribution in [3.8, 4) is 22.9 Å². The Morgan fingerprint density at radius 3 is 2.36 bits per heavy atom. The van der Waals surface area contributed by atoms with Crippen LogP contribution < -0.4 is 25.6 Å². The van der Waals surface area contributed by atoms with Crippen LogP contribution >= 0.6 is 0 Å². The molecule has 4 fully saturated rings. The van der Waals surface area contributed by atoms with E-state index >= 15 is 8.78 Å². The van der Waals surface area contributed by atoms with Gasteiger partial charge in [-0.3, -0.25) is 34.1 Å². The quantitative estimate of drug-likeness (QED) is 0.0513. The third kappa shape index (κ3) is 12.8. The van der Waals surface area contributed by atoms with Gasteiger partial charge in [0.25, 0.3) is 0 Å². The van der Waals surface area contributed by atoms with Gasteiger partial charge in [0.05, 0.1) is 12.7 Å². The van der Waals surface area contributed by atoms with Gasteiger partial charge in [0, 0.05) is 137 Å². The van der Waals surface area contributed by atoms with E-state index in [1.165, 1.54) is 22.6 Å². The van der Waals surface area contributed by atoms with E-state index in [4.69, 9.17) is 9.72 Å². The normalized spacial score (nSPS) is 20.7. The van der Waals surface area contributed by atoms with Crippen molar-refractivity contribution in [1.29, 1.82) is 0 Å². The minimum atomic E-state index is -0.944. The summed E-state index contributed by atoms with van der Waals surface area (Å²) in [7, 11) is 0. The molecule has 81 heavy (non-hydrogen) atoms. The first kappa shape index (κ1) is 57.2. The highest BCUT2D eigenvalue weighted by atomic mass is 19.1. The zero-order valence-corrected chi connectivity index (χ0v) is 47.2. The number of unbranched alkanes of at least 4 members (excludes halogenated alkanes) is 1. The van der Waals surface area contributed by atoms with Gasteiger partial charge in [-0.25, -0.2) is 8.78 Å². The predicted octanol–water partition coefficient (Wildman–Crippen LogP) is 7.42.